The standard InChI is InChI=1S/C8H16O7/c1-3(10)5(12)7(14)8(15)6(13)4(11)2-9/h4-9,11-15H,2H2,1H3/t4-,5?,6+,7+,8+/m1/s1. The predicted octanol–water partition coefficient (Wildman–Crippen LogP) is -3.63. The molecule has 1 unspecified atom stereocenters. The van der Waals surface area contributed by atoms with Gasteiger partial charge in [0.05, 0.1) is 6.61 Å². The molecule has 0 aliphatic carbocycles. The monoisotopic (exact) mass is 224 g/mol. The molecule has 0 aliphatic rings. The highest BCUT2D eigenvalue weighted by Gasteiger charge is 2.35. The van der Waals surface area contributed by atoms with Crippen LogP contribution >= 0.6 is 0 Å². The van der Waals surface area contributed by atoms with E-state index < -0.39 is 42.9 Å². The van der Waals surface area contributed by atoms with Crippen molar-refractivity contribution in [1.82, 2.24) is 0 Å². The van der Waals surface area contributed by atoms with Crippen LogP contribution in [-0.4, -0.2) is 73.5 Å². The molecule has 0 heterocycles. The summed E-state index contributed by atoms with van der Waals surface area (Å²) in [4.78, 5) is 10.6. The Morgan fingerprint density at radius 2 is 1.47 bits per heavy atom. The molecule has 0 aromatic carbocycles. The average molecular weight is 224 g/mol. The highest BCUT2D eigenvalue weighted by Crippen LogP contribution is 2.08. The molecule has 0 aromatic heterocycles. The van der Waals surface area contributed by atoms with Crippen molar-refractivity contribution < 1.29 is 35.4 Å². The van der Waals surface area contributed by atoms with Gasteiger partial charge < -0.3 is 30.6 Å². The number of ketones is 1. The molecule has 7 nitrogen and oxygen atoms in total. The minimum atomic E-state index is -1.92. The third kappa shape index (κ3) is 3.82. The molecule has 0 spiro atoms. The van der Waals surface area contributed by atoms with Gasteiger partial charge in [-0.1, -0.05) is 0 Å². The maximum absolute atomic E-state index is 10.6. The summed E-state index contributed by atoms with van der Waals surface area (Å²) in [7, 11) is 0. The van der Waals surface area contributed by atoms with Gasteiger partial charge in [-0.3, -0.25) is 4.79 Å². The van der Waals surface area contributed by atoms with E-state index in [1.165, 1.54) is 0 Å². The van der Waals surface area contributed by atoms with Crippen LogP contribution in [0.3, 0.4) is 0 Å². The van der Waals surface area contributed by atoms with E-state index in [-0.39, 0.29) is 0 Å². The summed E-state index contributed by atoms with van der Waals surface area (Å²) in [6.07, 6.45) is -9.20. The maximum atomic E-state index is 10.6. The molecule has 6 N–H and O–H groups in total. The highest BCUT2D eigenvalue weighted by molar-refractivity contribution is 5.80. The molecule has 0 radical (unpaired) electrons. The summed E-state index contributed by atoms with van der Waals surface area (Å²) < 4.78 is 0. The first kappa shape index (κ1) is 14.4. The third-order valence-electron chi connectivity index (χ3n) is 2.02. The fourth-order valence-electron chi connectivity index (χ4n) is 0.965. The van der Waals surface area contributed by atoms with Crippen molar-refractivity contribution in [3.05, 3.63) is 0 Å². The zero-order valence-corrected chi connectivity index (χ0v) is 8.19. The number of hydrogen-bond acceptors (Lipinski definition) is 7. The van der Waals surface area contributed by atoms with Crippen molar-refractivity contribution in [2.75, 3.05) is 6.61 Å². The second-order valence-electron chi connectivity index (χ2n) is 3.28. The van der Waals surface area contributed by atoms with Crippen LogP contribution < -0.4 is 0 Å². The Morgan fingerprint density at radius 1 is 1.00 bits per heavy atom. The molecule has 5 atom stereocenters. The SMILES string of the molecule is CC(=O)C(O)[C@H](O)[C@@H](O)[C@@H](O)[C@H](O)CO. The van der Waals surface area contributed by atoms with Gasteiger partial charge in [0.2, 0.25) is 0 Å². The largest absolute Gasteiger partial charge is 0.394 e. The van der Waals surface area contributed by atoms with Gasteiger partial charge in [0, 0.05) is 0 Å². The summed E-state index contributed by atoms with van der Waals surface area (Å²) in [5, 5.41) is 54.0. The van der Waals surface area contributed by atoms with E-state index in [0.29, 0.717) is 0 Å². The first-order valence-electron chi connectivity index (χ1n) is 4.34. The average Bonchev–Trinajstić information content (AvgIpc) is 2.23. The Hall–Kier alpha value is -0.570. The number of aliphatic hydroxyl groups is 6. The number of aliphatic hydroxyl groups excluding tert-OH is 6. The third-order valence-corrected chi connectivity index (χ3v) is 2.02. The van der Waals surface area contributed by atoms with Crippen LogP contribution in [-0.2, 0) is 4.79 Å². The van der Waals surface area contributed by atoms with Crippen LogP contribution in [0.2, 0.25) is 0 Å². The maximum Gasteiger partial charge on any atom is 0.160 e. The smallest absolute Gasteiger partial charge is 0.160 e. The number of rotatable bonds is 6. The van der Waals surface area contributed by atoms with Gasteiger partial charge in [-0.15, -0.1) is 0 Å². The zero-order chi connectivity index (χ0) is 12.2. The summed E-state index contributed by atoms with van der Waals surface area (Å²) in [6, 6.07) is 0. The minimum Gasteiger partial charge on any atom is -0.394 e. The molecule has 0 amide bonds. The van der Waals surface area contributed by atoms with Gasteiger partial charge >= 0.3 is 0 Å². The fourth-order valence-corrected chi connectivity index (χ4v) is 0.965. The Bertz CT molecular complexity index is 207. The lowest BCUT2D eigenvalue weighted by Gasteiger charge is -2.27. The molecule has 7 heteroatoms. The summed E-state index contributed by atoms with van der Waals surface area (Å²) in [6.45, 7) is 0.177. The number of Topliss-reactive ketones (excluding diaryl/α,β-unsaturated/α-hetero) is 1. The van der Waals surface area contributed by atoms with E-state index in [2.05, 4.69) is 0 Å². The van der Waals surface area contributed by atoms with Gasteiger partial charge in [-0.2, -0.15) is 0 Å². The van der Waals surface area contributed by atoms with E-state index in [0.717, 1.165) is 6.92 Å². The van der Waals surface area contributed by atoms with Gasteiger partial charge in [0.15, 0.2) is 5.78 Å². The number of carbonyl (C=O) groups excluding carboxylic acids is 1. The van der Waals surface area contributed by atoms with Gasteiger partial charge in [-0.05, 0) is 6.92 Å². The lowest BCUT2D eigenvalue weighted by Crippen LogP contribution is -2.51. The minimum absolute atomic E-state index is 0.785. The zero-order valence-electron chi connectivity index (χ0n) is 8.19. The predicted molar refractivity (Wildman–Crippen MR) is 47.8 cm³/mol. The van der Waals surface area contributed by atoms with Crippen molar-refractivity contribution in [3.63, 3.8) is 0 Å². The van der Waals surface area contributed by atoms with E-state index in [4.69, 9.17) is 20.4 Å². The van der Waals surface area contributed by atoms with Crippen molar-refractivity contribution in [1.29, 1.82) is 0 Å². The van der Waals surface area contributed by atoms with E-state index in [9.17, 15) is 15.0 Å². The van der Waals surface area contributed by atoms with Crippen LogP contribution in [0.5, 0.6) is 0 Å². The Labute approximate surface area is 86.2 Å². The van der Waals surface area contributed by atoms with Crippen LogP contribution in [0.4, 0.5) is 0 Å². The van der Waals surface area contributed by atoms with Crippen LogP contribution in [0.25, 0.3) is 0 Å². The molecule has 0 rings (SSSR count). The number of hydrogen-bond donors (Lipinski definition) is 6. The van der Waals surface area contributed by atoms with Crippen LogP contribution in [0.1, 0.15) is 6.92 Å². The Kier molecular flexibility index (Phi) is 5.88. The van der Waals surface area contributed by atoms with Crippen molar-refractivity contribution in [3.8, 4) is 0 Å². The molecule has 0 aliphatic heterocycles. The second-order valence-corrected chi connectivity index (χ2v) is 3.28. The normalized spacial score (nSPS) is 21.5. The molecule has 0 fully saturated rings. The summed E-state index contributed by atoms with van der Waals surface area (Å²) in [5.41, 5.74) is 0. The Balaban J connectivity index is 4.42. The molecule has 15 heavy (non-hydrogen) atoms. The molecule has 0 bridgehead atoms. The summed E-state index contributed by atoms with van der Waals surface area (Å²) >= 11 is 0. The van der Waals surface area contributed by atoms with Crippen molar-refractivity contribution in [2.24, 2.45) is 0 Å². The van der Waals surface area contributed by atoms with E-state index in [1.807, 2.05) is 0 Å². The topological polar surface area (TPSA) is 138 Å². The van der Waals surface area contributed by atoms with Gasteiger partial charge in [-0.25, -0.2) is 0 Å². The van der Waals surface area contributed by atoms with Gasteiger partial charge in [0.25, 0.3) is 0 Å². The lowest BCUT2D eigenvalue weighted by molar-refractivity contribution is -0.154. The van der Waals surface area contributed by atoms with Crippen LogP contribution in [0.15, 0.2) is 0 Å². The van der Waals surface area contributed by atoms with Crippen LogP contribution in [0, 0.1) is 0 Å². The lowest BCUT2D eigenvalue weighted by atomic mass is 9.98. The first-order valence-corrected chi connectivity index (χ1v) is 4.34. The van der Waals surface area contributed by atoms with Crippen molar-refractivity contribution in [2.45, 2.75) is 37.4 Å². The van der Waals surface area contributed by atoms with Gasteiger partial charge in [0.1, 0.15) is 30.5 Å². The first-order chi connectivity index (χ1) is 6.82. The van der Waals surface area contributed by atoms with E-state index >= 15 is 0 Å². The fraction of sp³-hybridized carbons (Fsp3) is 0.875. The molecular weight excluding hydrogens is 208 g/mol. The second kappa shape index (κ2) is 6.11. The van der Waals surface area contributed by atoms with E-state index in [1.54, 1.807) is 0 Å². The molecular formula is C8H16O7. The quantitative estimate of drug-likeness (QED) is 0.274. The number of carbonyl (C=O) groups is 1. The summed E-state index contributed by atoms with van der Waals surface area (Å²) in [5.74, 6) is -0.785. The Morgan fingerprint density at radius 3 is 1.80 bits per heavy atom. The van der Waals surface area contributed by atoms with Crippen molar-refractivity contribution >= 4 is 5.78 Å². The highest BCUT2D eigenvalue weighted by atomic mass is 16.4. The molecule has 0 saturated heterocycles. The molecule has 90 valence electrons. The molecule has 0 saturated carbocycles. The molecule has 0 aromatic rings.